The Bertz CT molecular complexity index is 151. The third-order valence-corrected chi connectivity index (χ3v) is 4.47. The van der Waals surface area contributed by atoms with Gasteiger partial charge in [-0.15, -0.1) is 0 Å². The fourth-order valence-electron chi connectivity index (χ4n) is 1.37. The quantitative estimate of drug-likeness (QED) is 0.736. The Hall–Kier alpha value is 0.755. The van der Waals surface area contributed by atoms with Gasteiger partial charge >= 0.3 is 92.6 Å². The second kappa shape index (κ2) is 4.70. The van der Waals surface area contributed by atoms with Crippen molar-refractivity contribution in [1.82, 2.24) is 5.32 Å². The SMILES string of the molecule is O=C(O)C1CC([CH2][Th])CCN1. The molecule has 1 aliphatic heterocycles. The first-order valence-corrected chi connectivity index (χ1v) is 6.75. The number of aliphatic carboxylic acids is 1. The first-order valence-electron chi connectivity index (χ1n) is 3.85. The number of carboxylic acids is 1. The molecule has 11 heavy (non-hydrogen) atoms. The van der Waals surface area contributed by atoms with Crippen LogP contribution in [0, 0.1) is 43.8 Å². The summed E-state index contributed by atoms with van der Waals surface area (Å²) in [6.07, 6.45) is 2.01. The Morgan fingerprint density at radius 2 is 2.45 bits per heavy atom. The second-order valence-electron chi connectivity index (χ2n) is 2.94. The molecule has 0 radical (unpaired) electrons. The standard InChI is InChI=1S/C7H12NO2.Th/c1-5-2-3-8-6(4-5)7(9)10;/h5-6,8H,1-4H2,(H,9,10);. The zero-order valence-electron chi connectivity index (χ0n) is 6.34. The van der Waals surface area contributed by atoms with Gasteiger partial charge < -0.3 is 0 Å². The van der Waals surface area contributed by atoms with Crippen molar-refractivity contribution in [2.45, 2.75) is 21.1 Å². The fourth-order valence-corrected chi connectivity index (χ4v) is 2.89. The molecule has 0 aromatic rings. The number of nitrogens with one attached hydrogen (secondary N) is 1. The van der Waals surface area contributed by atoms with Crippen LogP contribution in [-0.4, -0.2) is 23.7 Å². The Labute approximate surface area is 91.9 Å². The van der Waals surface area contributed by atoms with E-state index in [-0.39, 0.29) is 6.04 Å². The summed E-state index contributed by atoms with van der Waals surface area (Å²) in [5.74, 6) is -0.00322. The van der Waals surface area contributed by atoms with Crippen LogP contribution in [0.3, 0.4) is 0 Å². The Balaban J connectivity index is 2.39. The maximum absolute atomic E-state index is 10.6. The molecule has 0 aliphatic carbocycles. The van der Waals surface area contributed by atoms with Crippen molar-refractivity contribution in [3.8, 4) is 0 Å². The number of carboxylic acid groups (broad SMARTS) is 1. The zero-order valence-corrected chi connectivity index (χ0v) is 10.4. The first kappa shape index (κ1) is 9.84. The van der Waals surface area contributed by atoms with E-state index in [0.29, 0.717) is 5.92 Å². The topological polar surface area (TPSA) is 49.3 Å². The molecule has 0 amide bonds. The van der Waals surface area contributed by atoms with Gasteiger partial charge in [-0.2, -0.15) is 0 Å². The average molecular weight is 374 g/mol. The predicted molar refractivity (Wildman–Crippen MR) is 37.0 cm³/mol. The molecule has 1 aliphatic rings. The zero-order chi connectivity index (χ0) is 8.27. The van der Waals surface area contributed by atoms with Crippen LogP contribution in [0.5, 0.6) is 0 Å². The summed E-state index contributed by atoms with van der Waals surface area (Å²) in [7, 11) is 0. The van der Waals surface area contributed by atoms with Crippen LogP contribution >= 0.6 is 0 Å². The summed E-state index contributed by atoms with van der Waals surface area (Å²) in [5, 5.41) is 11.7. The van der Waals surface area contributed by atoms with E-state index in [0.717, 1.165) is 50.9 Å². The van der Waals surface area contributed by atoms with Crippen LogP contribution in [0.15, 0.2) is 0 Å². The van der Waals surface area contributed by atoms with Gasteiger partial charge in [-0.05, 0) is 0 Å². The van der Waals surface area contributed by atoms with Gasteiger partial charge in [0.15, 0.2) is 0 Å². The normalized spacial score (nSPS) is 31.8. The van der Waals surface area contributed by atoms with Crippen LogP contribution < -0.4 is 5.32 Å². The first-order chi connectivity index (χ1) is 5.24. The van der Waals surface area contributed by atoms with Crippen molar-refractivity contribution in [2.24, 2.45) is 5.92 Å². The van der Waals surface area contributed by atoms with Gasteiger partial charge in [-0.25, -0.2) is 0 Å². The molecular weight excluding hydrogens is 362 g/mol. The summed E-state index contributed by atoms with van der Waals surface area (Å²) >= 11 is 1.00. The summed E-state index contributed by atoms with van der Waals surface area (Å²) in [6, 6.07) is -0.271. The molecule has 1 fully saturated rings. The van der Waals surface area contributed by atoms with E-state index in [4.69, 9.17) is 5.11 Å². The van der Waals surface area contributed by atoms with Gasteiger partial charge in [0.2, 0.25) is 0 Å². The van der Waals surface area contributed by atoms with Crippen molar-refractivity contribution >= 4 is 5.97 Å². The summed E-state index contributed by atoms with van der Waals surface area (Å²) in [4.78, 5) is 10.6. The molecule has 0 saturated carbocycles. The molecule has 0 spiro atoms. The van der Waals surface area contributed by atoms with E-state index >= 15 is 0 Å². The van der Waals surface area contributed by atoms with Gasteiger partial charge in [-0.3, -0.25) is 0 Å². The van der Waals surface area contributed by atoms with Crippen LogP contribution in [0.2, 0.25) is 2.20 Å². The molecule has 0 bridgehead atoms. The molecule has 2 N–H and O–H groups in total. The van der Waals surface area contributed by atoms with Gasteiger partial charge in [-0.1, -0.05) is 0 Å². The van der Waals surface area contributed by atoms with E-state index in [1.165, 1.54) is 8.62 Å². The van der Waals surface area contributed by atoms with E-state index in [1.807, 2.05) is 0 Å². The van der Waals surface area contributed by atoms with Crippen molar-refractivity contribution in [3.63, 3.8) is 0 Å². The fraction of sp³-hybridized carbons (Fsp3) is 0.857. The predicted octanol–water partition coefficient (Wildman–Crippen LogP) is 0.407. The number of carbonyl (C=O) groups is 1. The maximum atomic E-state index is 10.6. The molecule has 61 valence electrons. The van der Waals surface area contributed by atoms with E-state index in [1.54, 1.807) is 0 Å². The average Bonchev–Trinajstić information content (AvgIpc) is 2.05. The van der Waals surface area contributed by atoms with Crippen LogP contribution in [-0.2, 0) is 4.79 Å². The van der Waals surface area contributed by atoms with E-state index in [9.17, 15) is 4.79 Å². The molecule has 3 nitrogen and oxygen atoms in total. The molecule has 0 aromatic heterocycles. The van der Waals surface area contributed by atoms with Gasteiger partial charge in [0.25, 0.3) is 0 Å². The molecule has 2 unspecified atom stereocenters. The van der Waals surface area contributed by atoms with E-state index < -0.39 is 5.97 Å². The third kappa shape index (κ3) is 2.94. The van der Waals surface area contributed by atoms with Crippen LogP contribution in [0.4, 0.5) is 0 Å². The molecular formula is C7H12NO2Th. The summed E-state index contributed by atoms with van der Waals surface area (Å²) in [6.45, 7) is 0.884. The van der Waals surface area contributed by atoms with E-state index in [2.05, 4.69) is 5.32 Å². The monoisotopic (exact) mass is 374 g/mol. The van der Waals surface area contributed by atoms with Gasteiger partial charge in [0.1, 0.15) is 0 Å². The third-order valence-electron chi connectivity index (χ3n) is 2.10. The molecule has 1 rings (SSSR count). The summed E-state index contributed by atoms with van der Waals surface area (Å²) < 4.78 is 1.27. The Morgan fingerprint density at radius 1 is 1.73 bits per heavy atom. The molecule has 1 saturated heterocycles. The number of piperidine rings is 1. The second-order valence-corrected chi connectivity index (χ2v) is 4.62. The molecule has 0 aromatic carbocycles. The van der Waals surface area contributed by atoms with Gasteiger partial charge in [0, 0.05) is 0 Å². The molecule has 2 atom stereocenters. The van der Waals surface area contributed by atoms with Crippen molar-refractivity contribution in [1.29, 1.82) is 0 Å². The van der Waals surface area contributed by atoms with Gasteiger partial charge in [0.05, 0.1) is 0 Å². The number of rotatable bonds is 2. The Morgan fingerprint density at radius 3 is 3.00 bits per heavy atom. The molecule has 1 heterocycles. The number of hydrogen-bond acceptors (Lipinski definition) is 2. The minimum atomic E-state index is -0.687. The van der Waals surface area contributed by atoms with Crippen molar-refractivity contribution < 1.29 is 47.8 Å². The van der Waals surface area contributed by atoms with Crippen LogP contribution in [0.25, 0.3) is 0 Å². The van der Waals surface area contributed by atoms with Crippen molar-refractivity contribution in [3.05, 3.63) is 0 Å². The molecule has 4 heteroatoms. The minimum absolute atomic E-state index is 0.271. The van der Waals surface area contributed by atoms with Crippen molar-refractivity contribution in [2.75, 3.05) is 6.54 Å². The van der Waals surface area contributed by atoms with Crippen LogP contribution in [0.1, 0.15) is 12.8 Å². The summed E-state index contributed by atoms with van der Waals surface area (Å²) in [5.41, 5.74) is 0. The Kier molecular flexibility index (Phi) is 4.20. The number of hydrogen-bond donors (Lipinski definition) is 2.